The predicted molar refractivity (Wildman–Crippen MR) is 61.6 cm³/mol. The monoisotopic (exact) mass is 224 g/mol. The molecule has 0 saturated heterocycles. The van der Waals surface area contributed by atoms with Crippen LogP contribution in [0.5, 0.6) is 5.75 Å². The number of nitrogens with one attached hydrogen (secondary N) is 1. The molecule has 1 rings (SSSR count). The highest BCUT2D eigenvalue weighted by Gasteiger charge is 1.98. The molecular weight excluding hydrogens is 208 g/mol. The van der Waals surface area contributed by atoms with Crippen molar-refractivity contribution in [3.05, 3.63) is 24.3 Å². The third kappa shape index (κ3) is 4.65. The van der Waals surface area contributed by atoms with E-state index in [1.165, 1.54) is 0 Å². The van der Waals surface area contributed by atoms with E-state index in [9.17, 15) is 4.79 Å². The number of nitrogens with two attached hydrogens (primary N) is 1. The zero-order chi connectivity index (χ0) is 11.8. The molecular formula is C11H16N2O3. The summed E-state index contributed by atoms with van der Waals surface area (Å²) in [6.45, 7) is 1.24. The van der Waals surface area contributed by atoms with Gasteiger partial charge in [0.15, 0.2) is 0 Å². The maximum absolute atomic E-state index is 10.6. The van der Waals surface area contributed by atoms with Gasteiger partial charge >= 0.3 is 6.03 Å². The summed E-state index contributed by atoms with van der Waals surface area (Å²) in [5.41, 5.74) is 5.63. The van der Waals surface area contributed by atoms with E-state index in [1.54, 1.807) is 25.3 Å². The molecule has 0 radical (unpaired) electrons. The zero-order valence-corrected chi connectivity index (χ0v) is 9.23. The quantitative estimate of drug-likeness (QED) is 0.721. The first-order chi connectivity index (χ1) is 7.72. The van der Waals surface area contributed by atoms with Crippen LogP contribution in [0.2, 0.25) is 0 Å². The van der Waals surface area contributed by atoms with Crippen LogP contribution in [-0.4, -0.2) is 26.4 Å². The Labute approximate surface area is 94.5 Å². The van der Waals surface area contributed by atoms with Crippen LogP contribution in [0.15, 0.2) is 24.3 Å². The fraction of sp³-hybridized carbons (Fsp3) is 0.364. The Morgan fingerprint density at radius 3 is 2.94 bits per heavy atom. The van der Waals surface area contributed by atoms with E-state index < -0.39 is 6.03 Å². The van der Waals surface area contributed by atoms with Gasteiger partial charge in [0.1, 0.15) is 5.75 Å². The van der Waals surface area contributed by atoms with Gasteiger partial charge < -0.3 is 20.5 Å². The Bertz CT molecular complexity index is 342. The molecule has 88 valence electrons. The van der Waals surface area contributed by atoms with Gasteiger partial charge in [-0.15, -0.1) is 0 Å². The van der Waals surface area contributed by atoms with Crippen molar-refractivity contribution in [2.75, 3.05) is 25.6 Å². The maximum atomic E-state index is 10.6. The maximum Gasteiger partial charge on any atom is 0.316 e. The van der Waals surface area contributed by atoms with Gasteiger partial charge in [-0.3, -0.25) is 0 Å². The Kier molecular flexibility index (Phi) is 5.15. The van der Waals surface area contributed by atoms with Crippen molar-refractivity contribution in [2.45, 2.75) is 6.42 Å². The van der Waals surface area contributed by atoms with Crippen molar-refractivity contribution < 1.29 is 14.3 Å². The van der Waals surface area contributed by atoms with Crippen molar-refractivity contribution in [3.8, 4) is 5.75 Å². The number of primary amides is 1. The molecule has 5 heteroatoms. The first-order valence-corrected chi connectivity index (χ1v) is 5.00. The smallest absolute Gasteiger partial charge is 0.316 e. The summed E-state index contributed by atoms with van der Waals surface area (Å²) in [6.07, 6.45) is 0.823. The topological polar surface area (TPSA) is 73.6 Å². The summed E-state index contributed by atoms with van der Waals surface area (Å²) in [5, 5.41) is 2.48. The summed E-state index contributed by atoms with van der Waals surface area (Å²) in [5.74, 6) is 0.697. The molecule has 1 aromatic rings. The number of hydrogen-bond donors (Lipinski definition) is 2. The number of ether oxygens (including phenoxy) is 2. The van der Waals surface area contributed by atoms with Crippen LogP contribution in [0.1, 0.15) is 6.42 Å². The van der Waals surface area contributed by atoms with Crippen molar-refractivity contribution in [2.24, 2.45) is 5.73 Å². The SMILES string of the molecule is COCCCOc1cccc(NC(N)=O)c1. The van der Waals surface area contributed by atoms with E-state index in [4.69, 9.17) is 15.2 Å². The van der Waals surface area contributed by atoms with Crippen LogP contribution in [-0.2, 0) is 4.74 Å². The van der Waals surface area contributed by atoms with Gasteiger partial charge in [0.05, 0.1) is 6.61 Å². The molecule has 0 saturated carbocycles. The Morgan fingerprint density at radius 1 is 1.44 bits per heavy atom. The fourth-order valence-electron chi connectivity index (χ4n) is 1.20. The van der Waals surface area contributed by atoms with Crippen molar-refractivity contribution in [3.63, 3.8) is 0 Å². The van der Waals surface area contributed by atoms with Gasteiger partial charge in [0, 0.05) is 31.9 Å². The molecule has 0 bridgehead atoms. The standard InChI is InChI=1S/C11H16N2O3/c1-15-6-3-7-16-10-5-2-4-9(8-10)13-11(12)14/h2,4-5,8H,3,6-7H2,1H3,(H3,12,13,14). The molecule has 0 aromatic heterocycles. The molecule has 2 amide bonds. The molecule has 0 aliphatic carbocycles. The summed E-state index contributed by atoms with van der Waals surface area (Å²) < 4.78 is 10.4. The minimum Gasteiger partial charge on any atom is -0.493 e. The van der Waals surface area contributed by atoms with Crippen LogP contribution in [0.3, 0.4) is 0 Å². The lowest BCUT2D eigenvalue weighted by Crippen LogP contribution is -2.19. The largest absolute Gasteiger partial charge is 0.493 e. The lowest BCUT2D eigenvalue weighted by molar-refractivity contribution is 0.172. The predicted octanol–water partition coefficient (Wildman–Crippen LogP) is 1.59. The number of anilines is 1. The van der Waals surface area contributed by atoms with Crippen LogP contribution in [0, 0.1) is 0 Å². The number of urea groups is 1. The first kappa shape index (κ1) is 12.3. The van der Waals surface area contributed by atoms with Gasteiger partial charge in [-0.2, -0.15) is 0 Å². The molecule has 5 nitrogen and oxygen atoms in total. The van der Waals surface area contributed by atoms with Gasteiger partial charge in [0.2, 0.25) is 0 Å². The molecule has 0 aliphatic heterocycles. The lowest BCUT2D eigenvalue weighted by atomic mass is 10.3. The third-order valence-corrected chi connectivity index (χ3v) is 1.86. The molecule has 0 heterocycles. The molecule has 16 heavy (non-hydrogen) atoms. The number of rotatable bonds is 6. The number of hydrogen-bond acceptors (Lipinski definition) is 3. The van der Waals surface area contributed by atoms with Crippen LogP contribution in [0.4, 0.5) is 10.5 Å². The molecule has 0 aliphatic rings. The second-order valence-electron chi connectivity index (χ2n) is 3.21. The lowest BCUT2D eigenvalue weighted by Gasteiger charge is -2.07. The molecule has 0 unspecified atom stereocenters. The first-order valence-electron chi connectivity index (χ1n) is 5.00. The van der Waals surface area contributed by atoms with Crippen LogP contribution >= 0.6 is 0 Å². The summed E-state index contributed by atoms with van der Waals surface area (Å²) in [6, 6.07) is 6.48. The summed E-state index contributed by atoms with van der Waals surface area (Å²) in [7, 11) is 1.65. The number of carbonyl (C=O) groups excluding carboxylic acids is 1. The average molecular weight is 224 g/mol. The molecule has 0 fully saturated rings. The van der Waals surface area contributed by atoms with E-state index >= 15 is 0 Å². The van der Waals surface area contributed by atoms with Gasteiger partial charge in [-0.05, 0) is 12.1 Å². The summed E-state index contributed by atoms with van der Waals surface area (Å²) in [4.78, 5) is 10.6. The molecule has 0 spiro atoms. The Balaban J connectivity index is 2.44. The van der Waals surface area contributed by atoms with Crippen LogP contribution in [0.25, 0.3) is 0 Å². The van der Waals surface area contributed by atoms with Gasteiger partial charge in [-0.25, -0.2) is 4.79 Å². The number of amides is 2. The van der Waals surface area contributed by atoms with Gasteiger partial charge in [-0.1, -0.05) is 6.07 Å². The molecule has 0 atom stereocenters. The third-order valence-electron chi connectivity index (χ3n) is 1.86. The average Bonchev–Trinajstić information content (AvgIpc) is 2.24. The molecule has 1 aromatic carbocycles. The minimum absolute atomic E-state index is 0.577. The highest BCUT2D eigenvalue weighted by molar-refractivity contribution is 5.87. The van der Waals surface area contributed by atoms with E-state index in [0.717, 1.165) is 6.42 Å². The van der Waals surface area contributed by atoms with Crippen LogP contribution < -0.4 is 15.8 Å². The Morgan fingerprint density at radius 2 is 2.25 bits per heavy atom. The number of carbonyl (C=O) groups is 1. The normalized spacial score (nSPS) is 9.81. The minimum atomic E-state index is -0.587. The van der Waals surface area contributed by atoms with Crippen molar-refractivity contribution in [1.29, 1.82) is 0 Å². The fourth-order valence-corrected chi connectivity index (χ4v) is 1.20. The van der Waals surface area contributed by atoms with Crippen molar-refractivity contribution >= 4 is 11.7 Å². The second-order valence-corrected chi connectivity index (χ2v) is 3.21. The van der Waals surface area contributed by atoms with E-state index in [2.05, 4.69) is 5.32 Å². The molecule has 3 N–H and O–H groups in total. The van der Waals surface area contributed by atoms with E-state index in [0.29, 0.717) is 24.7 Å². The second kappa shape index (κ2) is 6.68. The Hall–Kier alpha value is -1.75. The highest BCUT2D eigenvalue weighted by atomic mass is 16.5. The van der Waals surface area contributed by atoms with Crippen molar-refractivity contribution in [1.82, 2.24) is 0 Å². The zero-order valence-electron chi connectivity index (χ0n) is 9.23. The highest BCUT2D eigenvalue weighted by Crippen LogP contribution is 2.17. The van der Waals surface area contributed by atoms with E-state index in [-0.39, 0.29) is 0 Å². The number of benzene rings is 1. The van der Waals surface area contributed by atoms with Gasteiger partial charge in [0.25, 0.3) is 0 Å². The number of methoxy groups -OCH3 is 1. The van der Waals surface area contributed by atoms with E-state index in [1.807, 2.05) is 6.07 Å². The summed E-state index contributed by atoms with van der Waals surface area (Å²) >= 11 is 0.